The van der Waals surface area contributed by atoms with Gasteiger partial charge in [-0.3, -0.25) is 5.10 Å². The van der Waals surface area contributed by atoms with Crippen LogP contribution in [0.1, 0.15) is 17.3 Å². The summed E-state index contributed by atoms with van der Waals surface area (Å²) >= 11 is 7.30. The Labute approximate surface area is 136 Å². The van der Waals surface area contributed by atoms with E-state index in [-0.39, 0.29) is 0 Å². The molecule has 114 valence electrons. The zero-order valence-electron chi connectivity index (χ0n) is 11.7. The molecule has 0 saturated heterocycles. The molecule has 0 radical (unpaired) electrons. The number of nitrogens with one attached hydrogen (secondary N) is 1. The van der Waals surface area contributed by atoms with Crippen molar-refractivity contribution in [2.45, 2.75) is 24.4 Å². The highest BCUT2D eigenvalue weighted by molar-refractivity contribution is 7.98. The number of rotatable bonds is 6. The zero-order valence-corrected chi connectivity index (χ0v) is 13.3. The van der Waals surface area contributed by atoms with Gasteiger partial charge in [-0.15, -0.1) is 5.10 Å². The quantitative estimate of drug-likeness (QED) is 0.693. The SMILES string of the molecule is Cc1cc(CSc2n[nH]c(COc3ccc(Cl)cc3)n2)no1. The molecule has 0 atom stereocenters. The number of nitrogens with zero attached hydrogens (tertiary/aromatic N) is 3. The molecule has 0 aliphatic rings. The van der Waals surface area contributed by atoms with Crippen LogP contribution in [0.3, 0.4) is 0 Å². The summed E-state index contributed by atoms with van der Waals surface area (Å²) in [5.41, 5.74) is 0.867. The number of hydrogen-bond acceptors (Lipinski definition) is 6. The van der Waals surface area contributed by atoms with Gasteiger partial charge in [0.2, 0.25) is 5.16 Å². The first-order chi connectivity index (χ1) is 10.7. The number of aryl methyl sites for hydroxylation is 1. The van der Waals surface area contributed by atoms with Crippen LogP contribution >= 0.6 is 23.4 Å². The fourth-order valence-electron chi connectivity index (χ4n) is 1.71. The Balaban J connectivity index is 1.51. The Bertz CT molecular complexity index is 741. The van der Waals surface area contributed by atoms with Crippen LogP contribution in [0.5, 0.6) is 5.75 Å². The molecule has 3 aromatic rings. The summed E-state index contributed by atoms with van der Waals surface area (Å²) in [6.45, 7) is 2.18. The summed E-state index contributed by atoms with van der Waals surface area (Å²) in [6, 6.07) is 9.06. The molecule has 2 aromatic heterocycles. The highest BCUT2D eigenvalue weighted by atomic mass is 35.5. The van der Waals surface area contributed by atoms with E-state index in [9.17, 15) is 0 Å². The predicted molar refractivity (Wildman–Crippen MR) is 83.0 cm³/mol. The average Bonchev–Trinajstić information content (AvgIpc) is 3.13. The number of hydrogen-bond donors (Lipinski definition) is 1. The minimum atomic E-state index is 0.318. The maximum absolute atomic E-state index is 5.82. The number of aromatic amines is 1. The van der Waals surface area contributed by atoms with Gasteiger partial charge in [-0.1, -0.05) is 28.5 Å². The minimum absolute atomic E-state index is 0.318. The van der Waals surface area contributed by atoms with E-state index in [1.54, 1.807) is 24.3 Å². The van der Waals surface area contributed by atoms with E-state index in [2.05, 4.69) is 20.3 Å². The monoisotopic (exact) mass is 336 g/mol. The molecule has 1 aromatic carbocycles. The lowest BCUT2D eigenvalue weighted by molar-refractivity contribution is 0.296. The van der Waals surface area contributed by atoms with Crippen molar-refractivity contribution in [2.75, 3.05) is 0 Å². The number of ether oxygens (including phenoxy) is 1. The summed E-state index contributed by atoms with van der Waals surface area (Å²) in [4.78, 5) is 4.35. The Morgan fingerprint density at radius 3 is 2.86 bits per heavy atom. The Kier molecular flexibility index (Phi) is 4.65. The van der Waals surface area contributed by atoms with Gasteiger partial charge in [-0.25, -0.2) is 4.98 Å². The molecule has 0 unspecified atom stereocenters. The van der Waals surface area contributed by atoms with Crippen molar-refractivity contribution in [1.82, 2.24) is 20.3 Å². The van der Waals surface area contributed by atoms with Crippen molar-refractivity contribution in [1.29, 1.82) is 0 Å². The van der Waals surface area contributed by atoms with E-state index < -0.39 is 0 Å². The first-order valence-corrected chi connectivity index (χ1v) is 7.90. The van der Waals surface area contributed by atoms with E-state index in [4.69, 9.17) is 20.9 Å². The van der Waals surface area contributed by atoms with Crippen molar-refractivity contribution in [3.05, 3.63) is 52.6 Å². The lowest BCUT2D eigenvalue weighted by Gasteiger charge is -2.02. The Morgan fingerprint density at radius 2 is 2.14 bits per heavy atom. The van der Waals surface area contributed by atoms with Gasteiger partial charge in [0.05, 0.1) is 5.69 Å². The smallest absolute Gasteiger partial charge is 0.208 e. The minimum Gasteiger partial charge on any atom is -0.486 e. The summed E-state index contributed by atoms with van der Waals surface area (Å²) in [5, 5.41) is 12.2. The van der Waals surface area contributed by atoms with Crippen molar-refractivity contribution >= 4 is 23.4 Å². The van der Waals surface area contributed by atoms with Crippen molar-refractivity contribution in [2.24, 2.45) is 0 Å². The maximum Gasteiger partial charge on any atom is 0.208 e. The maximum atomic E-state index is 5.82. The standard InChI is InChI=1S/C14H13ClN4O2S/c1-9-6-11(19-21-9)8-22-14-16-13(17-18-14)7-20-12-4-2-10(15)3-5-12/h2-6H,7-8H2,1H3,(H,16,17,18). The van der Waals surface area contributed by atoms with Gasteiger partial charge >= 0.3 is 0 Å². The van der Waals surface area contributed by atoms with Gasteiger partial charge in [0.15, 0.2) is 5.82 Å². The van der Waals surface area contributed by atoms with Crippen LogP contribution in [0.2, 0.25) is 5.02 Å². The van der Waals surface area contributed by atoms with E-state index in [0.29, 0.717) is 28.4 Å². The van der Waals surface area contributed by atoms with Crippen molar-refractivity contribution < 1.29 is 9.26 Å². The highest BCUT2D eigenvalue weighted by Gasteiger charge is 2.07. The van der Waals surface area contributed by atoms with Gasteiger partial charge in [0.25, 0.3) is 0 Å². The third kappa shape index (κ3) is 4.02. The lowest BCUT2D eigenvalue weighted by Crippen LogP contribution is -1.97. The first-order valence-electron chi connectivity index (χ1n) is 6.54. The molecule has 0 spiro atoms. The Hall–Kier alpha value is -1.99. The summed E-state index contributed by atoms with van der Waals surface area (Å²) in [6.07, 6.45) is 0. The second-order valence-corrected chi connectivity index (χ2v) is 5.90. The zero-order chi connectivity index (χ0) is 15.4. The van der Waals surface area contributed by atoms with Crippen molar-refractivity contribution in [3.8, 4) is 5.75 Å². The number of benzene rings is 1. The normalized spacial score (nSPS) is 10.8. The molecule has 22 heavy (non-hydrogen) atoms. The van der Waals surface area contributed by atoms with Crippen LogP contribution in [0.4, 0.5) is 0 Å². The van der Waals surface area contributed by atoms with Gasteiger partial charge < -0.3 is 9.26 Å². The Morgan fingerprint density at radius 1 is 1.32 bits per heavy atom. The molecule has 6 nitrogen and oxygen atoms in total. The summed E-state index contributed by atoms with van der Waals surface area (Å²) in [5.74, 6) is 2.84. The topological polar surface area (TPSA) is 76.8 Å². The third-order valence-corrected chi connectivity index (χ3v) is 3.86. The fourth-order valence-corrected chi connectivity index (χ4v) is 2.54. The molecular formula is C14H13ClN4O2S. The van der Waals surface area contributed by atoms with Crippen LogP contribution in [-0.4, -0.2) is 20.3 Å². The number of thioether (sulfide) groups is 1. The molecule has 0 aliphatic carbocycles. The fraction of sp³-hybridized carbons (Fsp3) is 0.214. The van der Waals surface area contributed by atoms with Gasteiger partial charge in [-0.05, 0) is 31.2 Å². The molecule has 0 bridgehead atoms. The molecule has 0 fully saturated rings. The molecule has 8 heteroatoms. The van der Waals surface area contributed by atoms with Crippen LogP contribution in [-0.2, 0) is 12.4 Å². The molecule has 0 amide bonds. The van der Waals surface area contributed by atoms with Crippen LogP contribution in [0.15, 0.2) is 40.0 Å². The van der Waals surface area contributed by atoms with Crippen LogP contribution in [0.25, 0.3) is 0 Å². The third-order valence-electron chi connectivity index (χ3n) is 2.73. The lowest BCUT2D eigenvalue weighted by atomic mass is 10.3. The summed E-state index contributed by atoms with van der Waals surface area (Å²) < 4.78 is 10.6. The number of H-pyrrole nitrogens is 1. The summed E-state index contributed by atoms with van der Waals surface area (Å²) in [7, 11) is 0. The van der Waals surface area contributed by atoms with Crippen LogP contribution in [0, 0.1) is 6.92 Å². The van der Waals surface area contributed by atoms with Crippen LogP contribution < -0.4 is 4.74 Å². The predicted octanol–water partition coefficient (Wildman–Crippen LogP) is 3.63. The molecule has 0 saturated carbocycles. The van der Waals surface area contributed by atoms with E-state index in [1.807, 2.05) is 13.0 Å². The molecule has 1 N–H and O–H groups in total. The number of halogens is 1. The van der Waals surface area contributed by atoms with Crippen molar-refractivity contribution in [3.63, 3.8) is 0 Å². The van der Waals surface area contributed by atoms with Gasteiger partial charge in [0, 0.05) is 16.8 Å². The second-order valence-electron chi connectivity index (χ2n) is 4.52. The number of aromatic nitrogens is 4. The molecular weight excluding hydrogens is 324 g/mol. The molecule has 0 aliphatic heterocycles. The largest absolute Gasteiger partial charge is 0.486 e. The first kappa shape index (κ1) is 14.9. The second kappa shape index (κ2) is 6.85. The highest BCUT2D eigenvalue weighted by Crippen LogP contribution is 2.20. The molecule has 2 heterocycles. The molecule has 3 rings (SSSR count). The van der Waals surface area contributed by atoms with E-state index in [0.717, 1.165) is 17.2 Å². The van der Waals surface area contributed by atoms with E-state index >= 15 is 0 Å². The average molecular weight is 337 g/mol. The van der Waals surface area contributed by atoms with Gasteiger partial charge in [-0.2, -0.15) is 0 Å². The van der Waals surface area contributed by atoms with E-state index in [1.165, 1.54) is 11.8 Å². The van der Waals surface area contributed by atoms with Gasteiger partial charge in [0.1, 0.15) is 18.1 Å².